The van der Waals surface area contributed by atoms with Crippen LogP contribution in [0.15, 0.2) is 73.2 Å². The second-order valence-electron chi connectivity index (χ2n) is 7.17. The Balaban J connectivity index is 1.57. The largest absolute Gasteiger partial charge is 0.359 e. The third kappa shape index (κ3) is 4.66. The predicted molar refractivity (Wildman–Crippen MR) is 124 cm³/mol. The number of hydrogen-bond acceptors (Lipinski definition) is 4. The van der Waals surface area contributed by atoms with Crippen LogP contribution in [-0.4, -0.2) is 16.0 Å². The molecule has 0 saturated carbocycles. The van der Waals surface area contributed by atoms with E-state index in [0.29, 0.717) is 6.04 Å². The minimum Gasteiger partial charge on any atom is -0.359 e. The summed E-state index contributed by atoms with van der Waals surface area (Å²) in [5.41, 5.74) is 5.55. The van der Waals surface area contributed by atoms with Crippen molar-refractivity contribution >= 4 is 28.1 Å². The molecule has 5 heteroatoms. The lowest BCUT2D eigenvalue weighted by atomic mass is 10.0. The van der Waals surface area contributed by atoms with Crippen LogP contribution in [-0.2, 0) is 6.42 Å². The zero-order valence-corrected chi connectivity index (χ0v) is 18.0. The van der Waals surface area contributed by atoms with E-state index in [2.05, 4.69) is 58.6 Å². The molecule has 0 aliphatic heterocycles. The predicted octanol–water partition coefficient (Wildman–Crippen LogP) is 6.88. The van der Waals surface area contributed by atoms with Crippen LogP contribution >= 0.6 is 22.9 Å². The Bertz CT molecular complexity index is 1110. The molecule has 29 heavy (non-hydrogen) atoms. The topological polar surface area (TPSA) is 37.8 Å². The molecule has 0 fully saturated rings. The summed E-state index contributed by atoms with van der Waals surface area (Å²) in [5.74, 6) is 0. The lowest BCUT2D eigenvalue weighted by molar-refractivity contribution is 0.789. The molecule has 3 nitrogen and oxygen atoms in total. The third-order valence-electron chi connectivity index (χ3n) is 4.76. The smallest absolute Gasteiger partial charge is 0.183 e. The van der Waals surface area contributed by atoms with Crippen LogP contribution in [0.2, 0.25) is 5.02 Å². The fourth-order valence-corrected chi connectivity index (χ4v) is 4.66. The fourth-order valence-electron chi connectivity index (χ4n) is 3.36. The van der Waals surface area contributed by atoms with Gasteiger partial charge in [0.1, 0.15) is 0 Å². The van der Waals surface area contributed by atoms with Crippen molar-refractivity contribution in [1.82, 2.24) is 9.97 Å². The van der Waals surface area contributed by atoms with Gasteiger partial charge >= 0.3 is 0 Å². The molecule has 1 unspecified atom stereocenters. The van der Waals surface area contributed by atoms with Gasteiger partial charge in [-0.25, -0.2) is 4.98 Å². The van der Waals surface area contributed by atoms with Crippen LogP contribution in [0.25, 0.3) is 21.6 Å². The summed E-state index contributed by atoms with van der Waals surface area (Å²) >= 11 is 8.17. The summed E-state index contributed by atoms with van der Waals surface area (Å²) in [6.45, 7) is 4.22. The average Bonchev–Trinajstić information content (AvgIpc) is 3.17. The zero-order valence-electron chi connectivity index (χ0n) is 16.4. The molecular weight excluding hydrogens is 398 g/mol. The fraction of sp³-hybridized carbons (Fsp3) is 0.167. The van der Waals surface area contributed by atoms with Gasteiger partial charge in [0, 0.05) is 46.3 Å². The molecule has 0 radical (unpaired) electrons. The second-order valence-corrected chi connectivity index (χ2v) is 8.61. The molecule has 2 aromatic carbocycles. The summed E-state index contributed by atoms with van der Waals surface area (Å²) in [6.07, 6.45) is 6.56. The first-order chi connectivity index (χ1) is 14.1. The molecule has 0 bridgehead atoms. The molecule has 2 aromatic heterocycles. The maximum atomic E-state index is 6.52. The van der Waals surface area contributed by atoms with E-state index in [9.17, 15) is 0 Å². The molecule has 0 aliphatic carbocycles. The first kappa shape index (κ1) is 19.6. The van der Waals surface area contributed by atoms with Gasteiger partial charge < -0.3 is 5.32 Å². The van der Waals surface area contributed by atoms with Crippen molar-refractivity contribution in [3.05, 3.63) is 89.3 Å². The van der Waals surface area contributed by atoms with E-state index in [1.165, 1.54) is 5.56 Å². The van der Waals surface area contributed by atoms with Gasteiger partial charge in [-0.2, -0.15) is 0 Å². The molecule has 0 saturated heterocycles. The van der Waals surface area contributed by atoms with E-state index < -0.39 is 0 Å². The number of thiazole rings is 1. The summed E-state index contributed by atoms with van der Waals surface area (Å²) in [7, 11) is 0. The van der Waals surface area contributed by atoms with Crippen LogP contribution in [0.5, 0.6) is 0 Å². The highest BCUT2D eigenvalue weighted by Gasteiger charge is 2.14. The van der Waals surface area contributed by atoms with E-state index in [1.54, 1.807) is 11.3 Å². The Hall–Kier alpha value is -2.69. The van der Waals surface area contributed by atoms with E-state index >= 15 is 0 Å². The molecular formula is C24H22ClN3S. The van der Waals surface area contributed by atoms with Crippen molar-refractivity contribution in [3.8, 4) is 21.6 Å². The van der Waals surface area contributed by atoms with Crippen molar-refractivity contribution in [2.45, 2.75) is 26.3 Å². The second kappa shape index (κ2) is 8.76. The number of pyridine rings is 1. The van der Waals surface area contributed by atoms with E-state index in [1.807, 2.05) is 43.7 Å². The lowest BCUT2D eigenvalue weighted by Gasteiger charge is -2.12. The van der Waals surface area contributed by atoms with Gasteiger partial charge in [-0.3, -0.25) is 4.98 Å². The van der Waals surface area contributed by atoms with E-state index in [0.717, 1.165) is 43.7 Å². The SMILES string of the molecule is Cc1ccc(-c2cnccc2-c2cnc(NC(C)Cc3ccccc3)s2)c(Cl)c1. The average molecular weight is 420 g/mol. The van der Waals surface area contributed by atoms with Gasteiger partial charge in [0.2, 0.25) is 0 Å². The van der Waals surface area contributed by atoms with Gasteiger partial charge in [0.15, 0.2) is 5.13 Å². The molecule has 1 N–H and O–H groups in total. The van der Waals surface area contributed by atoms with Crippen molar-refractivity contribution < 1.29 is 0 Å². The Morgan fingerprint density at radius 3 is 2.62 bits per heavy atom. The number of nitrogens with one attached hydrogen (secondary N) is 1. The maximum absolute atomic E-state index is 6.52. The van der Waals surface area contributed by atoms with Crippen molar-refractivity contribution in [2.24, 2.45) is 0 Å². The normalized spacial score (nSPS) is 12.0. The number of aromatic nitrogens is 2. The number of nitrogens with zero attached hydrogens (tertiary/aromatic N) is 2. The van der Waals surface area contributed by atoms with Crippen LogP contribution < -0.4 is 5.32 Å². The van der Waals surface area contributed by atoms with E-state index in [4.69, 9.17) is 11.6 Å². The Labute approximate surface area is 180 Å². The van der Waals surface area contributed by atoms with Gasteiger partial charge in [-0.05, 0) is 43.5 Å². The van der Waals surface area contributed by atoms with Crippen LogP contribution in [0.1, 0.15) is 18.1 Å². The standard InChI is InChI=1S/C24H22ClN3S/c1-16-8-9-19(22(25)12-16)21-14-26-11-10-20(21)23-15-27-24(29-23)28-17(2)13-18-6-4-3-5-7-18/h3-12,14-15,17H,13H2,1-2H3,(H,27,28). The quantitative estimate of drug-likeness (QED) is 0.370. The molecule has 4 rings (SSSR count). The monoisotopic (exact) mass is 419 g/mol. The number of aryl methyl sites for hydroxylation is 1. The zero-order chi connectivity index (χ0) is 20.2. The molecule has 0 spiro atoms. The minimum atomic E-state index is 0.292. The first-order valence-corrected chi connectivity index (χ1v) is 10.8. The van der Waals surface area contributed by atoms with Crippen molar-refractivity contribution in [3.63, 3.8) is 0 Å². The van der Waals surface area contributed by atoms with Gasteiger partial charge in [-0.1, -0.05) is 65.4 Å². The Morgan fingerprint density at radius 1 is 1.00 bits per heavy atom. The minimum absolute atomic E-state index is 0.292. The highest BCUT2D eigenvalue weighted by molar-refractivity contribution is 7.18. The molecule has 0 aliphatic rings. The first-order valence-electron chi connectivity index (χ1n) is 9.57. The highest BCUT2D eigenvalue weighted by Crippen LogP contribution is 2.38. The Kier molecular flexibility index (Phi) is 5.93. The van der Waals surface area contributed by atoms with Crippen LogP contribution in [0.3, 0.4) is 0 Å². The van der Waals surface area contributed by atoms with Crippen LogP contribution in [0, 0.1) is 6.92 Å². The summed E-state index contributed by atoms with van der Waals surface area (Å²) in [5, 5.41) is 5.18. The maximum Gasteiger partial charge on any atom is 0.183 e. The van der Waals surface area contributed by atoms with Crippen LogP contribution in [0.4, 0.5) is 5.13 Å². The van der Waals surface area contributed by atoms with Gasteiger partial charge in [0.05, 0.1) is 4.88 Å². The molecule has 0 amide bonds. The number of hydrogen-bond donors (Lipinski definition) is 1. The third-order valence-corrected chi connectivity index (χ3v) is 6.04. The number of rotatable bonds is 6. The highest BCUT2D eigenvalue weighted by atomic mass is 35.5. The summed E-state index contributed by atoms with van der Waals surface area (Å²) in [4.78, 5) is 10.0. The molecule has 1 atom stereocenters. The number of anilines is 1. The summed E-state index contributed by atoms with van der Waals surface area (Å²) in [6, 6.07) is 18.9. The van der Waals surface area contributed by atoms with Crippen molar-refractivity contribution in [1.29, 1.82) is 0 Å². The number of benzene rings is 2. The number of halogens is 1. The Morgan fingerprint density at radius 2 is 1.83 bits per heavy atom. The molecule has 2 heterocycles. The summed E-state index contributed by atoms with van der Waals surface area (Å²) < 4.78 is 0. The van der Waals surface area contributed by atoms with Gasteiger partial charge in [0.25, 0.3) is 0 Å². The lowest BCUT2D eigenvalue weighted by Crippen LogP contribution is -2.17. The van der Waals surface area contributed by atoms with Gasteiger partial charge in [-0.15, -0.1) is 0 Å². The molecule has 4 aromatic rings. The molecule has 146 valence electrons. The van der Waals surface area contributed by atoms with Crippen molar-refractivity contribution in [2.75, 3.05) is 5.32 Å². The van der Waals surface area contributed by atoms with E-state index in [-0.39, 0.29) is 0 Å².